The van der Waals surface area contributed by atoms with Crippen LogP contribution in [-0.4, -0.2) is 44.5 Å². The van der Waals surface area contributed by atoms with Crippen molar-refractivity contribution in [3.63, 3.8) is 0 Å². The monoisotopic (exact) mass is 224 g/mol. The summed E-state index contributed by atoms with van der Waals surface area (Å²) in [6.45, 7) is 5.49. The van der Waals surface area contributed by atoms with Crippen LogP contribution in [0.2, 0.25) is 0 Å². The van der Waals surface area contributed by atoms with E-state index in [1.807, 2.05) is 6.92 Å². The van der Waals surface area contributed by atoms with Gasteiger partial charge in [-0.3, -0.25) is 0 Å². The van der Waals surface area contributed by atoms with E-state index >= 15 is 0 Å². The maximum Gasteiger partial charge on any atom is 0.212 e. The molecule has 1 unspecified atom stereocenters. The first-order valence-corrected chi connectivity index (χ1v) is 6.21. The summed E-state index contributed by atoms with van der Waals surface area (Å²) in [6, 6.07) is -0.144. The molecule has 0 heterocycles. The van der Waals surface area contributed by atoms with Crippen LogP contribution in [-0.2, 0) is 10.0 Å². The van der Waals surface area contributed by atoms with Gasteiger partial charge in [-0.2, -0.15) is 0 Å². The van der Waals surface area contributed by atoms with E-state index in [1.54, 1.807) is 13.8 Å². The van der Waals surface area contributed by atoms with E-state index in [9.17, 15) is 13.5 Å². The molecule has 86 valence electrons. The molecule has 0 fully saturated rings. The minimum Gasteiger partial charge on any atom is -0.389 e. The molecule has 0 aliphatic carbocycles. The van der Waals surface area contributed by atoms with E-state index in [1.165, 1.54) is 7.05 Å². The topological polar surface area (TPSA) is 78.4 Å². The lowest BCUT2D eigenvalue weighted by molar-refractivity contribution is 0.0451. The molecule has 0 amide bonds. The highest BCUT2D eigenvalue weighted by molar-refractivity contribution is 7.89. The fourth-order valence-corrected chi connectivity index (χ4v) is 1.35. The molecular weight excluding hydrogens is 204 g/mol. The van der Waals surface area contributed by atoms with Gasteiger partial charge in [-0.1, -0.05) is 0 Å². The van der Waals surface area contributed by atoms with Crippen molar-refractivity contribution in [2.45, 2.75) is 32.4 Å². The summed E-state index contributed by atoms with van der Waals surface area (Å²) in [5.41, 5.74) is -0.844. The van der Waals surface area contributed by atoms with Crippen LogP contribution >= 0.6 is 0 Å². The molecule has 0 aromatic heterocycles. The number of hydrogen-bond donors (Lipinski definition) is 3. The molecule has 1 atom stereocenters. The molecule has 0 spiro atoms. The van der Waals surface area contributed by atoms with E-state index in [-0.39, 0.29) is 11.8 Å². The lowest BCUT2D eigenvalue weighted by atomic mass is 10.0. The van der Waals surface area contributed by atoms with Gasteiger partial charge in [0, 0.05) is 12.6 Å². The Kier molecular flexibility index (Phi) is 5.00. The molecule has 0 radical (unpaired) electrons. The summed E-state index contributed by atoms with van der Waals surface area (Å²) in [5.74, 6) is 0.0178. The van der Waals surface area contributed by atoms with Crippen LogP contribution in [0, 0.1) is 0 Å². The highest BCUT2D eigenvalue weighted by Gasteiger charge is 2.21. The lowest BCUT2D eigenvalue weighted by Crippen LogP contribution is -2.46. The number of hydrogen-bond acceptors (Lipinski definition) is 4. The highest BCUT2D eigenvalue weighted by atomic mass is 32.2. The minimum atomic E-state index is -3.15. The van der Waals surface area contributed by atoms with Crippen molar-refractivity contribution in [2.24, 2.45) is 0 Å². The first-order chi connectivity index (χ1) is 6.19. The van der Waals surface area contributed by atoms with Crippen molar-refractivity contribution in [3.8, 4) is 0 Å². The Hall–Kier alpha value is -0.170. The van der Waals surface area contributed by atoms with Crippen molar-refractivity contribution < 1.29 is 13.5 Å². The van der Waals surface area contributed by atoms with Gasteiger partial charge in [-0.15, -0.1) is 0 Å². The Bertz CT molecular complexity index is 256. The third-order valence-electron chi connectivity index (χ3n) is 2.19. The lowest BCUT2D eigenvalue weighted by Gasteiger charge is -2.26. The van der Waals surface area contributed by atoms with E-state index in [0.717, 1.165) is 0 Å². The summed E-state index contributed by atoms with van der Waals surface area (Å²) < 4.78 is 24.3. The molecular formula is C8H20N2O3S. The van der Waals surface area contributed by atoms with Gasteiger partial charge in [0.15, 0.2) is 0 Å². The van der Waals surface area contributed by atoms with Gasteiger partial charge in [0.25, 0.3) is 0 Å². The first kappa shape index (κ1) is 13.8. The zero-order valence-corrected chi connectivity index (χ0v) is 9.98. The van der Waals surface area contributed by atoms with E-state index in [0.29, 0.717) is 6.54 Å². The van der Waals surface area contributed by atoms with Crippen LogP contribution in [0.1, 0.15) is 20.8 Å². The minimum absolute atomic E-state index is 0.0178. The van der Waals surface area contributed by atoms with Crippen molar-refractivity contribution >= 4 is 10.0 Å². The van der Waals surface area contributed by atoms with Gasteiger partial charge < -0.3 is 10.4 Å². The maximum absolute atomic E-state index is 11.0. The van der Waals surface area contributed by atoms with Crippen LogP contribution in [0.4, 0.5) is 0 Å². The fraction of sp³-hybridized carbons (Fsp3) is 1.00. The van der Waals surface area contributed by atoms with Gasteiger partial charge in [0.1, 0.15) is 0 Å². The molecule has 0 saturated carbocycles. The molecule has 6 heteroatoms. The summed E-state index contributed by atoms with van der Waals surface area (Å²) in [4.78, 5) is 0. The quantitative estimate of drug-likeness (QED) is 0.556. The molecule has 5 nitrogen and oxygen atoms in total. The first-order valence-electron chi connectivity index (χ1n) is 4.56. The maximum atomic E-state index is 11.0. The standard InChI is InChI=1S/C8H20N2O3S/c1-7(8(2,3)11)10-5-6-14(12,13)9-4/h7,9-11H,5-6H2,1-4H3. The summed E-state index contributed by atoms with van der Waals surface area (Å²) in [6.07, 6.45) is 0. The number of sulfonamides is 1. The third kappa shape index (κ3) is 5.54. The molecule has 14 heavy (non-hydrogen) atoms. The Morgan fingerprint density at radius 2 is 1.93 bits per heavy atom. The smallest absolute Gasteiger partial charge is 0.212 e. The van der Waals surface area contributed by atoms with E-state index in [4.69, 9.17) is 0 Å². The van der Waals surface area contributed by atoms with Gasteiger partial charge in [0.2, 0.25) is 10.0 Å². The van der Waals surface area contributed by atoms with E-state index < -0.39 is 15.6 Å². The summed E-state index contributed by atoms with van der Waals surface area (Å²) in [7, 11) is -1.77. The molecule has 3 N–H and O–H groups in total. The fourth-order valence-electron chi connectivity index (χ4n) is 0.762. The van der Waals surface area contributed by atoms with Crippen LogP contribution in [0.25, 0.3) is 0 Å². The predicted octanol–water partition coefficient (Wildman–Crippen LogP) is -0.715. The van der Waals surface area contributed by atoms with Crippen molar-refractivity contribution in [1.82, 2.24) is 10.0 Å². The van der Waals surface area contributed by atoms with Gasteiger partial charge in [0.05, 0.1) is 11.4 Å². The summed E-state index contributed by atoms with van der Waals surface area (Å²) in [5, 5.41) is 12.5. The average molecular weight is 224 g/mol. The second-order valence-electron chi connectivity index (χ2n) is 3.85. The molecule has 0 saturated heterocycles. The largest absolute Gasteiger partial charge is 0.389 e. The van der Waals surface area contributed by atoms with Crippen LogP contribution < -0.4 is 10.0 Å². The van der Waals surface area contributed by atoms with Gasteiger partial charge in [-0.05, 0) is 27.8 Å². The number of nitrogens with one attached hydrogen (secondary N) is 2. The normalized spacial score (nSPS) is 15.5. The molecule has 0 bridgehead atoms. The van der Waals surface area contributed by atoms with E-state index in [2.05, 4.69) is 10.0 Å². The molecule has 0 aliphatic heterocycles. The molecule has 0 aromatic rings. The Balaban J connectivity index is 3.87. The second kappa shape index (κ2) is 5.06. The Labute approximate surface area is 85.9 Å². The van der Waals surface area contributed by atoms with Crippen LogP contribution in [0.3, 0.4) is 0 Å². The molecule has 0 aromatic carbocycles. The zero-order valence-electron chi connectivity index (χ0n) is 9.16. The Morgan fingerprint density at radius 1 is 1.43 bits per heavy atom. The number of rotatable bonds is 6. The van der Waals surface area contributed by atoms with Crippen molar-refractivity contribution in [1.29, 1.82) is 0 Å². The predicted molar refractivity (Wildman–Crippen MR) is 56.6 cm³/mol. The van der Waals surface area contributed by atoms with Crippen LogP contribution in [0.15, 0.2) is 0 Å². The highest BCUT2D eigenvalue weighted by Crippen LogP contribution is 2.06. The number of aliphatic hydroxyl groups is 1. The second-order valence-corrected chi connectivity index (χ2v) is 5.90. The molecule has 0 rings (SSSR count). The molecule has 0 aliphatic rings. The zero-order chi connectivity index (χ0) is 11.4. The van der Waals surface area contributed by atoms with Crippen molar-refractivity contribution in [3.05, 3.63) is 0 Å². The average Bonchev–Trinajstić information content (AvgIpc) is 2.02. The van der Waals surface area contributed by atoms with Gasteiger partial charge in [-0.25, -0.2) is 13.1 Å². The Morgan fingerprint density at radius 3 is 2.29 bits per heavy atom. The summed E-state index contributed by atoms with van der Waals surface area (Å²) >= 11 is 0. The van der Waals surface area contributed by atoms with Crippen molar-refractivity contribution in [2.75, 3.05) is 19.3 Å². The van der Waals surface area contributed by atoms with Crippen LogP contribution in [0.5, 0.6) is 0 Å². The van der Waals surface area contributed by atoms with Gasteiger partial charge >= 0.3 is 0 Å². The SMILES string of the molecule is CNS(=O)(=O)CCNC(C)C(C)(C)O. The third-order valence-corrected chi connectivity index (χ3v) is 3.56.